The molecule has 32 heavy (non-hydrogen) atoms. The van der Waals surface area contributed by atoms with Gasteiger partial charge in [0, 0.05) is 5.39 Å². The molecule has 3 rings (SSSR count). The van der Waals surface area contributed by atoms with Gasteiger partial charge >= 0.3 is 0 Å². The SMILES string of the molecule is CCC(C(=O)NCCOc1cccc2ccccc12)N(c1ccc(OC)cc1)S(C)(=O)=O. The van der Waals surface area contributed by atoms with Crippen LogP contribution >= 0.6 is 0 Å². The number of fused-ring (bicyclic) bond motifs is 1. The molecular weight excluding hydrogens is 428 g/mol. The van der Waals surface area contributed by atoms with Crippen LogP contribution in [0.25, 0.3) is 10.8 Å². The lowest BCUT2D eigenvalue weighted by Gasteiger charge is -2.30. The summed E-state index contributed by atoms with van der Waals surface area (Å²) in [6.45, 7) is 2.29. The van der Waals surface area contributed by atoms with Gasteiger partial charge in [0.1, 0.15) is 24.1 Å². The van der Waals surface area contributed by atoms with Crippen LogP contribution in [0.1, 0.15) is 13.3 Å². The van der Waals surface area contributed by atoms with Crippen LogP contribution in [0.15, 0.2) is 66.7 Å². The number of amides is 1. The molecule has 0 saturated heterocycles. The maximum absolute atomic E-state index is 12.9. The summed E-state index contributed by atoms with van der Waals surface area (Å²) in [4.78, 5) is 12.9. The van der Waals surface area contributed by atoms with E-state index >= 15 is 0 Å². The van der Waals surface area contributed by atoms with E-state index in [1.54, 1.807) is 31.2 Å². The fraction of sp³-hybridized carbons (Fsp3) is 0.292. The van der Waals surface area contributed by atoms with Crippen molar-refractivity contribution in [2.75, 3.05) is 30.8 Å². The molecule has 1 unspecified atom stereocenters. The Bertz CT molecular complexity index is 1160. The van der Waals surface area contributed by atoms with E-state index in [2.05, 4.69) is 5.32 Å². The molecule has 1 atom stereocenters. The highest BCUT2D eigenvalue weighted by molar-refractivity contribution is 7.92. The molecular formula is C24H28N2O5S. The number of nitrogens with one attached hydrogen (secondary N) is 1. The first-order chi connectivity index (χ1) is 15.3. The average molecular weight is 457 g/mol. The van der Waals surface area contributed by atoms with Gasteiger partial charge < -0.3 is 14.8 Å². The van der Waals surface area contributed by atoms with Gasteiger partial charge in [-0.25, -0.2) is 8.42 Å². The fourth-order valence-electron chi connectivity index (χ4n) is 3.56. The Kier molecular flexibility index (Phi) is 7.58. The molecule has 7 nitrogen and oxygen atoms in total. The van der Waals surface area contributed by atoms with Gasteiger partial charge in [0.2, 0.25) is 15.9 Å². The maximum Gasteiger partial charge on any atom is 0.244 e. The summed E-state index contributed by atoms with van der Waals surface area (Å²) in [7, 11) is -2.16. The summed E-state index contributed by atoms with van der Waals surface area (Å²) in [6, 6.07) is 19.4. The third kappa shape index (κ3) is 5.50. The average Bonchev–Trinajstić information content (AvgIpc) is 2.79. The maximum atomic E-state index is 12.9. The van der Waals surface area contributed by atoms with Crippen LogP contribution in [-0.2, 0) is 14.8 Å². The van der Waals surface area contributed by atoms with Crippen LogP contribution in [0.3, 0.4) is 0 Å². The molecule has 170 valence electrons. The Hall–Kier alpha value is -3.26. The molecule has 1 N–H and O–H groups in total. The van der Waals surface area contributed by atoms with E-state index in [1.807, 2.05) is 42.5 Å². The van der Waals surface area contributed by atoms with Crippen LogP contribution in [-0.4, -0.2) is 46.9 Å². The van der Waals surface area contributed by atoms with Crippen molar-refractivity contribution in [2.45, 2.75) is 19.4 Å². The van der Waals surface area contributed by atoms with Crippen molar-refractivity contribution < 1.29 is 22.7 Å². The third-order valence-corrected chi connectivity index (χ3v) is 6.25. The van der Waals surface area contributed by atoms with Gasteiger partial charge in [0.05, 0.1) is 25.6 Å². The number of ether oxygens (including phenoxy) is 2. The predicted octanol–water partition coefficient (Wildman–Crippen LogP) is 3.59. The number of nitrogens with zero attached hydrogens (tertiary/aromatic N) is 1. The second-order valence-corrected chi connectivity index (χ2v) is 9.16. The van der Waals surface area contributed by atoms with Crippen molar-refractivity contribution in [3.8, 4) is 11.5 Å². The Balaban J connectivity index is 1.67. The van der Waals surface area contributed by atoms with E-state index in [4.69, 9.17) is 9.47 Å². The summed E-state index contributed by atoms with van der Waals surface area (Å²) in [5.41, 5.74) is 0.405. The number of carbonyl (C=O) groups excluding carboxylic acids is 1. The molecule has 0 aliphatic carbocycles. The molecule has 1 amide bonds. The Morgan fingerprint density at radius 2 is 1.72 bits per heavy atom. The monoisotopic (exact) mass is 456 g/mol. The molecule has 0 aliphatic rings. The zero-order chi connectivity index (χ0) is 23.1. The fourth-order valence-corrected chi connectivity index (χ4v) is 4.78. The number of hydrogen-bond acceptors (Lipinski definition) is 5. The van der Waals surface area contributed by atoms with Gasteiger partial charge in [-0.1, -0.05) is 43.3 Å². The van der Waals surface area contributed by atoms with Gasteiger partial charge in [0.15, 0.2) is 0 Å². The molecule has 0 saturated carbocycles. The van der Waals surface area contributed by atoms with Gasteiger partial charge in [-0.05, 0) is 42.1 Å². The second-order valence-electron chi connectivity index (χ2n) is 7.30. The minimum absolute atomic E-state index is 0.249. The summed E-state index contributed by atoms with van der Waals surface area (Å²) in [5, 5.41) is 4.87. The lowest BCUT2D eigenvalue weighted by atomic mass is 10.1. The number of hydrogen-bond donors (Lipinski definition) is 1. The lowest BCUT2D eigenvalue weighted by molar-refractivity contribution is -0.122. The molecule has 0 aromatic heterocycles. The standard InChI is InChI=1S/C24H28N2O5S/c1-4-22(26(32(3,28)29)19-12-14-20(30-2)15-13-19)24(27)25-16-17-31-23-11-7-9-18-8-5-6-10-21(18)23/h5-15,22H,4,16-17H2,1-3H3,(H,25,27). The number of anilines is 1. The summed E-state index contributed by atoms with van der Waals surface area (Å²) in [5.74, 6) is 0.959. The smallest absolute Gasteiger partial charge is 0.244 e. The molecule has 8 heteroatoms. The first-order valence-corrected chi connectivity index (χ1v) is 12.2. The third-order valence-electron chi connectivity index (χ3n) is 5.07. The second kappa shape index (κ2) is 10.4. The zero-order valence-corrected chi connectivity index (χ0v) is 19.3. The van der Waals surface area contributed by atoms with Crippen molar-refractivity contribution in [1.29, 1.82) is 0 Å². The number of rotatable bonds is 10. The Labute approximate surface area is 189 Å². The topological polar surface area (TPSA) is 84.9 Å². The predicted molar refractivity (Wildman–Crippen MR) is 127 cm³/mol. The number of benzene rings is 3. The zero-order valence-electron chi connectivity index (χ0n) is 18.4. The highest BCUT2D eigenvalue weighted by Crippen LogP contribution is 2.26. The molecule has 0 fully saturated rings. The van der Waals surface area contributed by atoms with Gasteiger partial charge in [0.25, 0.3) is 0 Å². The van der Waals surface area contributed by atoms with Crippen LogP contribution < -0.4 is 19.1 Å². The van der Waals surface area contributed by atoms with Crippen molar-refractivity contribution in [3.05, 3.63) is 66.7 Å². The van der Waals surface area contributed by atoms with Gasteiger partial charge in [-0.2, -0.15) is 0 Å². The Morgan fingerprint density at radius 3 is 2.38 bits per heavy atom. The molecule has 3 aromatic carbocycles. The van der Waals surface area contributed by atoms with E-state index in [1.165, 1.54) is 7.11 Å². The highest BCUT2D eigenvalue weighted by atomic mass is 32.2. The number of methoxy groups -OCH3 is 1. The van der Waals surface area contributed by atoms with Gasteiger partial charge in [-0.15, -0.1) is 0 Å². The van der Waals surface area contributed by atoms with Crippen LogP contribution in [0.5, 0.6) is 11.5 Å². The van der Waals surface area contributed by atoms with E-state index in [0.29, 0.717) is 17.9 Å². The van der Waals surface area contributed by atoms with Crippen LogP contribution in [0, 0.1) is 0 Å². The summed E-state index contributed by atoms with van der Waals surface area (Å²) < 4.78 is 37.2. The minimum atomic E-state index is -3.69. The lowest BCUT2D eigenvalue weighted by Crippen LogP contribution is -2.50. The van der Waals surface area contributed by atoms with Gasteiger partial charge in [-0.3, -0.25) is 9.10 Å². The van der Waals surface area contributed by atoms with Crippen molar-refractivity contribution in [3.63, 3.8) is 0 Å². The molecule has 3 aromatic rings. The largest absolute Gasteiger partial charge is 0.497 e. The van der Waals surface area contributed by atoms with Crippen molar-refractivity contribution >= 4 is 32.4 Å². The summed E-state index contributed by atoms with van der Waals surface area (Å²) >= 11 is 0. The van der Waals surface area contributed by atoms with Crippen LogP contribution in [0.4, 0.5) is 5.69 Å². The minimum Gasteiger partial charge on any atom is -0.497 e. The molecule has 0 bridgehead atoms. The van der Waals surface area contributed by atoms with E-state index in [0.717, 1.165) is 27.1 Å². The molecule has 0 radical (unpaired) electrons. The van der Waals surface area contributed by atoms with Crippen molar-refractivity contribution in [2.24, 2.45) is 0 Å². The number of sulfonamides is 1. The number of carbonyl (C=O) groups is 1. The van der Waals surface area contributed by atoms with E-state index < -0.39 is 16.1 Å². The normalized spacial score (nSPS) is 12.2. The first-order valence-electron chi connectivity index (χ1n) is 10.4. The summed E-state index contributed by atoms with van der Waals surface area (Å²) in [6.07, 6.45) is 1.41. The van der Waals surface area contributed by atoms with Crippen molar-refractivity contribution in [1.82, 2.24) is 5.32 Å². The van der Waals surface area contributed by atoms with Crippen LogP contribution in [0.2, 0.25) is 0 Å². The van der Waals surface area contributed by atoms with E-state index in [9.17, 15) is 13.2 Å². The molecule has 0 aliphatic heterocycles. The Morgan fingerprint density at radius 1 is 1.03 bits per heavy atom. The molecule has 0 heterocycles. The molecule has 0 spiro atoms. The first kappa shape index (κ1) is 23.4. The highest BCUT2D eigenvalue weighted by Gasteiger charge is 2.31. The quantitative estimate of drug-likeness (QED) is 0.471. The van der Waals surface area contributed by atoms with E-state index in [-0.39, 0.29) is 19.1 Å².